The van der Waals surface area contributed by atoms with Gasteiger partial charge in [0.1, 0.15) is 0 Å². The predicted molar refractivity (Wildman–Crippen MR) is 309 cm³/mol. The lowest BCUT2D eigenvalue weighted by Crippen LogP contribution is -2.61. The molecule has 2 nitrogen and oxygen atoms in total. The molecule has 2 aliphatic rings. The Hall–Kier alpha value is -7.79. The highest BCUT2D eigenvalue weighted by molar-refractivity contribution is 8.34. The van der Waals surface area contributed by atoms with Crippen molar-refractivity contribution < 1.29 is 0 Å². The molecule has 0 aromatic heterocycles. The first-order valence-corrected chi connectivity index (χ1v) is 27.0. The first-order valence-electron chi connectivity index (χ1n) is 25.4. The minimum absolute atomic E-state index is 0.0315. The Morgan fingerprint density at radius 1 is 0.361 bits per heavy atom. The molecule has 10 aromatic rings. The zero-order chi connectivity index (χ0) is 49.2. The van der Waals surface area contributed by atoms with Crippen molar-refractivity contribution in [3.8, 4) is 22.3 Å². The lowest BCUT2D eigenvalue weighted by atomic mass is 9.34. The molecule has 0 spiro atoms. The van der Waals surface area contributed by atoms with Gasteiger partial charge in [-0.25, -0.2) is 0 Å². The van der Waals surface area contributed by atoms with Crippen LogP contribution in [0.3, 0.4) is 0 Å². The van der Waals surface area contributed by atoms with Crippen LogP contribution in [0.2, 0.25) is 0 Å². The summed E-state index contributed by atoms with van der Waals surface area (Å²) in [5.74, 6) is 0. The quantitative estimate of drug-likeness (QED) is 0.140. The van der Waals surface area contributed by atoms with Gasteiger partial charge in [0.05, 0.1) is 5.69 Å². The van der Waals surface area contributed by atoms with E-state index in [1.54, 1.807) is 0 Å². The second-order valence-electron chi connectivity index (χ2n) is 21.4. The van der Waals surface area contributed by atoms with Gasteiger partial charge in [-0.2, -0.15) is 0 Å². The van der Waals surface area contributed by atoms with E-state index >= 15 is 0 Å². The predicted octanol–water partition coefficient (Wildman–Crippen LogP) is 17.0. The molecule has 0 fully saturated rings. The van der Waals surface area contributed by atoms with E-state index in [4.69, 9.17) is 0 Å². The maximum atomic E-state index is 2.61. The minimum Gasteiger partial charge on any atom is -0.311 e. The van der Waals surface area contributed by atoms with E-state index in [1.807, 2.05) is 0 Å². The van der Waals surface area contributed by atoms with Crippen LogP contribution < -0.4 is 26.2 Å². The van der Waals surface area contributed by atoms with Crippen molar-refractivity contribution in [2.75, 3.05) is 9.80 Å². The van der Waals surface area contributed by atoms with Crippen LogP contribution in [0.25, 0.3) is 22.3 Å². The second-order valence-corrected chi connectivity index (χ2v) is 24.4. The zero-order valence-electron chi connectivity index (χ0n) is 42.1. The Kier molecular flexibility index (Phi) is 11.2. The molecule has 0 radical (unpaired) electrons. The number of para-hydroxylation sites is 2. The fourth-order valence-electron chi connectivity index (χ4n) is 11.3. The fraction of sp³-hybridized carbons (Fsp3) is 0.118. The van der Waals surface area contributed by atoms with Crippen molar-refractivity contribution in [1.29, 1.82) is 0 Å². The van der Waals surface area contributed by atoms with E-state index in [0.29, 0.717) is 0 Å². The molecule has 0 saturated carbocycles. The molecular formula is C68H59BN2S. The van der Waals surface area contributed by atoms with Crippen LogP contribution in [0.15, 0.2) is 268 Å². The molecule has 72 heavy (non-hydrogen) atoms. The van der Waals surface area contributed by atoms with Gasteiger partial charge in [0.15, 0.2) is 0 Å². The maximum absolute atomic E-state index is 2.61. The molecule has 0 aliphatic carbocycles. The van der Waals surface area contributed by atoms with E-state index in [0.717, 1.165) is 22.7 Å². The van der Waals surface area contributed by atoms with Crippen LogP contribution in [-0.2, 0) is 10.8 Å². The molecule has 0 N–H and O–H groups in total. The van der Waals surface area contributed by atoms with Crippen LogP contribution in [0.4, 0.5) is 34.1 Å². The maximum Gasteiger partial charge on any atom is 0.249 e. The van der Waals surface area contributed by atoms with Crippen molar-refractivity contribution in [2.45, 2.75) is 72.0 Å². The first kappa shape index (κ1) is 45.4. The summed E-state index contributed by atoms with van der Waals surface area (Å²) < 4.78 is 0. The Morgan fingerprint density at radius 2 is 0.875 bits per heavy atom. The molecule has 2 heterocycles. The van der Waals surface area contributed by atoms with E-state index < -0.39 is 10.0 Å². The number of anilines is 6. The summed E-state index contributed by atoms with van der Waals surface area (Å²) in [6.45, 7) is 13.7. The Morgan fingerprint density at radius 3 is 1.50 bits per heavy atom. The van der Waals surface area contributed by atoms with Crippen molar-refractivity contribution in [3.05, 3.63) is 260 Å². The van der Waals surface area contributed by atoms with Crippen molar-refractivity contribution in [1.82, 2.24) is 0 Å². The van der Waals surface area contributed by atoms with Gasteiger partial charge in [0.25, 0.3) is 0 Å². The number of rotatable bonds is 8. The largest absolute Gasteiger partial charge is 0.311 e. The summed E-state index contributed by atoms with van der Waals surface area (Å²) in [4.78, 5) is 10.5. The third kappa shape index (κ3) is 7.59. The topological polar surface area (TPSA) is 6.48 Å². The minimum atomic E-state index is -2.10. The van der Waals surface area contributed by atoms with Gasteiger partial charge in [-0.1, -0.05) is 205 Å². The molecule has 0 saturated heterocycles. The smallest absolute Gasteiger partial charge is 0.249 e. The molecule has 0 bridgehead atoms. The van der Waals surface area contributed by atoms with Gasteiger partial charge < -0.3 is 9.80 Å². The van der Waals surface area contributed by atoms with Gasteiger partial charge in [0.2, 0.25) is 6.71 Å². The number of hydrogen-bond acceptors (Lipinski definition) is 2. The number of benzene rings is 10. The molecule has 0 amide bonds. The second kappa shape index (κ2) is 17.8. The number of fused-ring (bicyclic) bond motifs is 4. The van der Waals surface area contributed by atoms with Crippen LogP contribution >= 0.6 is 10.0 Å². The molecule has 2 aliphatic heterocycles. The van der Waals surface area contributed by atoms with Gasteiger partial charge >= 0.3 is 0 Å². The fourth-order valence-corrected chi connectivity index (χ4v) is 15.7. The van der Waals surface area contributed by atoms with Gasteiger partial charge in [0, 0.05) is 48.7 Å². The molecule has 10 aromatic carbocycles. The molecule has 350 valence electrons. The van der Waals surface area contributed by atoms with Crippen molar-refractivity contribution in [2.24, 2.45) is 0 Å². The first-order chi connectivity index (χ1) is 35.0. The molecule has 0 unspecified atom stereocenters. The lowest BCUT2D eigenvalue weighted by Gasteiger charge is -2.51. The summed E-state index contributed by atoms with van der Waals surface area (Å²) >= 11 is 0. The van der Waals surface area contributed by atoms with E-state index in [-0.39, 0.29) is 17.5 Å². The Labute approximate surface area is 428 Å². The normalized spacial score (nSPS) is 13.9. The Bertz CT molecular complexity index is 3540. The van der Waals surface area contributed by atoms with Crippen molar-refractivity contribution in [3.63, 3.8) is 0 Å². The van der Waals surface area contributed by atoms with Crippen molar-refractivity contribution >= 4 is 67.3 Å². The van der Waals surface area contributed by atoms with E-state index in [2.05, 4.69) is 300 Å². The summed E-state index contributed by atoms with van der Waals surface area (Å²) in [7, 11) is -2.10. The molecular weight excluding hydrogens is 888 g/mol. The highest BCUT2D eigenvalue weighted by Crippen LogP contribution is 2.74. The zero-order valence-corrected chi connectivity index (χ0v) is 42.9. The van der Waals surface area contributed by atoms with Crippen LogP contribution in [0.5, 0.6) is 0 Å². The SMILES string of the molecule is CC(C)(C)c1ccc(-c2cc3c4c(c2)S(c2ccccc2)(c2ccccc2)c2ccccc2B4c2cc(N(c4ccccc4)c4ccc(C(C)(C)C)cc4)ccc2N3c2ccccc2-c2ccccc2)cc1. The molecule has 12 rings (SSSR count). The average Bonchev–Trinajstić information content (AvgIpc) is 3.41. The van der Waals surface area contributed by atoms with E-state index in [1.165, 1.54) is 80.7 Å². The number of hydrogen-bond donors (Lipinski definition) is 0. The van der Waals surface area contributed by atoms with Gasteiger partial charge in [-0.3, -0.25) is 0 Å². The highest BCUT2D eigenvalue weighted by Gasteiger charge is 2.49. The summed E-state index contributed by atoms with van der Waals surface area (Å²) in [5.41, 5.74) is 18.4. The van der Waals surface area contributed by atoms with E-state index in [9.17, 15) is 0 Å². The monoisotopic (exact) mass is 946 g/mol. The standard InChI is InChI=1S/C68H59BN2S/c1-67(2,3)51-37-35-48(36-38-51)50-45-63-66-65(46-50)72(56-27-15-9-16-28-56,57-29-17-10-18-30-57)64-34-22-20-32-59(64)69(66)60-47-55(70(53-25-13-8-14-26-53)54-41-39-52(40-42-54)68(4,5)6)43-44-62(60)71(63)61-33-21-19-31-58(61)49-23-11-7-12-24-49/h7-47H,1-6H3. The number of nitrogens with zero attached hydrogens (tertiary/aromatic N) is 2. The Balaban J connectivity index is 1.21. The van der Waals surface area contributed by atoms with Crippen LogP contribution in [0.1, 0.15) is 52.7 Å². The van der Waals surface area contributed by atoms with Gasteiger partial charge in [-0.05, 0) is 145 Å². The molecule has 0 atom stereocenters. The van der Waals surface area contributed by atoms with Gasteiger partial charge in [-0.15, -0.1) is 10.0 Å². The average molecular weight is 947 g/mol. The van der Waals surface area contributed by atoms with Crippen LogP contribution in [0, 0.1) is 0 Å². The summed E-state index contributed by atoms with van der Waals surface area (Å²) in [6, 6.07) is 94.0. The molecule has 4 heteroatoms. The third-order valence-electron chi connectivity index (χ3n) is 14.9. The lowest BCUT2D eigenvalue weighted by molar-refractivity contribution is 0.590. The third-order valence-corrected chi connectivity index (χ3v) is 18.9. The summed E-state index contributed by atoms with van der Waals surface area (Å²) in [5, 5.41) is 0. The van der Waals surface area contributed by atoms with Crippen LogP contribution in [-0.4, -0.2) is 6.71 Å². The summed E-state index contributed by atoms with van der Waals surface area (Å²) in [6.07, 6.45) is 0. The highest BCUT2D eigenvalue weighted by atomic mass is 32.3.